The zero-order valence-corrected chi connectivity index (χ0v) is 11.1. The summed E-state index contributed by atoms with van der Waals surface area (Å²) in [7, 11) is 0. The van der Waals surface area contributed by atoms with Crippen molar-refractivity contribution in [3.05, 3.63) is 27.9 Å². The first-order valence-electron chi connectivity index (χ1n) is 4.80. The Morgan fingerprint density at radius 2 is 2.29 bits per heavy atom. The van der Waals surface area contributed by atoms with E-state index in [1.54, 1.807) is 18.6 Å². The normalized spacial score (nSPS) is 10.5. The third-order valence-corrected chi connectivity index (χ3v) is 3.52. The van der Waals surface area contributed by atoms with E-state index in [0.29, 0.717) is 11.4 Å². The molecule has 1 N–H and O–H groups in total. The fourth-order valence-corrected chi connectivity index (χ4v) is 2.05. The van der Waals surface area contributed by atoms with Crippen LogP contribution in [0.4, 0.5) is 0 Å². The number of carboxylic acid groups (broad SMARTS) is 1. The lowest BCUT2D eigenvalue weighted by Crippen LogP contribution is -2.11. The number of carboxylic acids is 1. The van der Waals surface area contributed by atoms with E-state index in [-0.39, 0.29) is 6.54 Å². The number of rotatable bonds is 3. The first-order valence-corrected chi connectivity index (χ1v) is 5.88. The summed E-state index contributed by atoms with van der Waals surface area (Å²) in [4.78, 5) is 18.8. The number of aromatic nitrogens is 4. The van der Waals surface area contributed by atoms with Crippen LogP contribution in [0.5, 0.6) is 0 Å². The maximum Gasteiger partial charge on any atom is 0.325 e. The molecule has 2 rings (SSSR count). The van der Waals surface area contributed by atoms with Gasteiger partial charge in [0.1, 0.15) is 17.9 Å². The molecule has 0 aromatic carbocycles. The Bertz CT molecular complexity index is 553. The molecule has 0 bridgehead atoms. The Labute approximate surface area is 111 Å². The number of hydrogen-bond acceptors (Lipinski definition) is 4. The van der Waals surface area contributed by atoms with E-state index >= 15 is 0 Å². The Balaban J connectivity index is 2.46. The van der Waals surface area contributed by atoms with Crippen LogP contribution in [0.25, 0.3) is 11.4 Å². The van der Waals surface area contributed by atoms with E-state index in [1.807, 2.05) is 6.92 Å². The molecule has 0 saturated heterocycles. The molecule has 0 aliphatic carbocycles. The summed E-state index contributed by atoms with van der Waals surface area (Å²) in [6.07, 6.45) is 4.77. The van der Waals surface area contributed by atoms with Crippen LogP contribution >= 0.6 is 22.6 Å². The van der Waals surface area contributed by atoms with Gasteiger partial charge in [-0.05, 0) is 29.5 Å². The number of halogens is 1. The van der Waals surface area contributed by atoms with Crippen molar-refractivity contribution in [2.24, 2.45) is 0 Å². The molecular formula is C10H9IN4O2. The largest absolute Gasteiger partial charge is 0.480 e. The van der Waals surface area contributed by atoms with Crippen LogP contribution in [0.1, 0.15) is 5.69 Å². The molecule has 0 aliphatic rings. The molecule has 2 aromatic heterocycles. The van der Waals surface area contributed by atoms with Crippen LogP contribution in [0.15, 0.2) is 18.6 Å². The van der Waals surface area contributed by atoms with Gasteiger partial charge in [-0.25, -0.2) is 0 Å². The highest BCUT2D eigenvalue weighted by Gasteiger charge is 2.16. The summed E-state index contributed by atoms with van der Waals surface area (Å²) < 4.78 is 2.35. The van der Waals surface area contributed by atoms with Crippen molar-refractivity contribution in [2.75, 3.05) is 0 Å². The lowest BCUT2D eigenvalue weighted by atomic mass is 10.3. The molecule has 17 heavy (non-hydrogen) atoms. The van der Waals surface area contributed by atoms with Crippen molar-refractivity contribution in [3.8, 4) is 11.4 Å². The Morgan fingerprint density at radius 1 is 1.53 bits per heavy atom. The Kier molecular flexibility index (Phi) is 3.36. The predicted octanol–water partition coefficient (Wildman–Crippen LogP) is 1.34. The summed E-state index contributed by atoms with van der Waals surface area (Å²) in [5.74, 6) is -0.919. The van der Waals surface area contributed by atoms with E-state index in [2.05, 4.69) is 37.7 Å². The molecule has 88 valence electrons. The minimum Gasteiger partial charge on any atom is -0.480 e. The summed E-state index contributed by atoms with van der Waals surface area (Å²) in [5.41, 5.74) is 2.12. The van der Waals surface area contributed by atoms with E-state index in [4.69, 9.17) is 5.11 Å². The van der Waals surface area contributed by atoms with Crippen LogP contribution in [0.3, 0.4) is 0 Å². The monoisotopic (exact) mass is 344 g/mol. The van der Waals surface area contributed by atoms with E-state index < -0.39 is 5.97 Å². The summed E-state index contributed by atoms with van der Waals surface area (Å²) in [6, 6.07) is 0. The van der Waals surface area contributed by atoms with Gasteiger partial charge in [-0.1, -0.05) is 0 Å². The molecular weight excluding hydrogens is 335 g/mol. The molecule has 0 unspecified atom stereocenters. The first-order chi connectivity index (χ1) is 8.09. The lowest BCUT2D eigenvalue weighted by molar-refractivity contribution is -0.137. The van der Waals surface area contributed by atoms with E-state index in [1.165, 1.54) is 4.68 Å². The summed E-state index contributed by atoms with van der Waals surface area (Å²) in [5, 5.41) is 13.0. The molecule has 0 atom stereocenters. The number of aliphatic carboxylic acids is 1. The highest BCUT2D eigenvalue weighted by atomic mass is 127. The van der Waals surface area contributed by atoms with Gasteiger partial charge in [0.15, 0.2) is 0 Å². The Morgan fingerprint density at radius 3 is 2.88 bits per heavy atom. The molecule has 0 aliphatic heterocycles. The van der Waals surface area contributed by atoms with Crippen molar-refractivity contribution in [2.45, 2.75) is 13.5 Å². The minimum absolute atomic E-state index is 0.151. The third kappa shape index (κ3) is 2.43. The van der Waals surface area contributed by atoms with Crippen LogP contribution < -0.4 is 0 Å². The SMILES string of the molecule is Cc1c(I)c(-c2cnccn2)nn1CC(=O)O. The third-order valence-electron chi connectivity index (χ3n) is 2.22. The Hall–Kier alpha value is -1.51. The van der Waals surface area contributed by atoms with Gasteiger partial charge in [0.2, 0.25) is 0 Å². The second-order valence-electron chi connectivity index (χ2n) is 3.39. The van der Waals surface area contributed by atoms with Gasteiger partial charge in [0, 0.05) is 12.4 Å². The van der Waals surface area contributed by atoms with Crippen molar-refractivity contribution in [1.82, 2.24) is 19.7 Å². The highest BCUT2D eigenvalue weighted by Crippen LogP contribution is 2.24. The van der Waals surface area contributed by atoms with Gasteiger partial charge in [-0.15, -0.1) is 0 Å². The molecule has 6 nitrogen and oxygen atoms in total. The summed E-state index contributed by atoms with van der Waals surface area (Å²) in [6.45, 7) is 1.68. The lowest BCUT2D eigenvalue weighted by Gasteiger charge is -1.98. The van der Waals surface area contributed by atoms with Crippen LogP contribution in [-0.2, 0) is 11.3 Å². The van der Waals surface area contributed by atoms with Gasteiger partial charge >= 0.3 is 5.97 Å². The van der Waals surface area contributed by atoms with E-state index in [0.717, 1.165) is 9.26 Å². The van der Waals surface area contributed by atoms with Gasteiger partial charge in [-0.2, -0.15) is 5.10 Å². The zero-order chi connectivity index (χ0) is 12.4. The van der Waals surface area contributed by atoms with Gasteiger partial charge in [0.05, 0.1) is 15.5 Å². The average molecular weight is 344 g/mol. The van der Waals surface area contributed by atoms with E-state index in [9.17, 15) is 4.79 Å². The maximum absolute atomic E-state index is 10.7. The van der Waals surface area contributed by atoms with Crippen molar-refractivity contribution in [1.29, 1.82) is 0 Å². The highest BCUT2D eigenvalue weighted by molar-refractivity contribution is 14.1. The van der Waals surface area contributed by atoms with Crippen LogP contribution in [-0.4, -0.2) is 30.8 Å². The molecule has 7 heteroatoms. The molecule has 0 spiro atoms. The van der Waals surface area contributed by atoms with Gasteiger partial charge in [0.25, 0.3) is 0 Å². The van der Waals surface area contributed by atoms with Crippen LogP contribution in [0, 0.1) is 10.5 Å². The smallest absolute Gasteiger partial charge is 0.325 e. The van der Waals surface area contributed by atoms with Crippen LogP contribution in [0.2, 0.25) is 0 Å². The number of hydrogen-bond donors (Lipinski definition) is 1. The zero-order valence-electron chi connectivity index (χ0n) is 8.96. The van der Waals surface area contributed by atoms with Gasteiger partial charge in [-0.3, -0.25) is 19.4 Å². The number of carbonyl (C=O) groups is 1. The van der Waals surface area contributed by atoms with Crippen molar-refractivity contribution >= 4 is 28.6 Å². The standard InChI is InChI=1S/C10H9IN4O2/c1-6-9(11)10(7-4-12-2-3-13-7)14-15(6)5-8(16)17/h2-4H,5H2,1H3,(H,16,17). The quantitative estimate of drug-likeness (QED) is 0.850. The van der Waals surface area contributed by atoms with Crippen molar-refractivity contribution < 1.29 is 9.90 Å². The van der Waals surface area contributed by atoms with Gasteiger partial charge < -0.3 is 5.11 Å². The molecule has 2 heterocycles. The second-order valence-corrected chi connectivity index (χ2v) is 4.47. The molecule has 0 saturated carbocycles. The fourth-order valence-electron chi connectivity index (χ4n) is 1.39. The van der Waals surface area contributed by atoms with Crippen molar-refractivity contribution in [3.63, 3.8) is 0 Å². The fraction of sp³-hybridized carbons (Fsp3) is 0.200. The second kappa shape index (κ2) is 4.78. The maximum atomic E-state index is 10.7. The molecule has 0 radical (unpaired) electrons. The number of nitrogens with zero attached hydrogens (tertiary/aromatic N) is 4. The molecule has 0 fully saturated rings. The first kappa shape index (κ1) is 12.0. The molecule has 2 aromatic rings. The summed E-state index contributed by atoms with van der Waals surface area (Å²) >= 11 is 2.13. The average Bonchev–Trinajstić information content (AvgIpc) is 2.58. The molecule has 0 amide bonds. The predicted molar refractivity (Wildman–Crippen MR) is 68.3 cm³/mol. The minimum atomic E-state index is -0.919. The topological polar surface area (TPSA) is 80.9 Å².